The smallest absolute Gasteiger partial charge is 0.263 e. The summed E-state index contributed by atoms with van der Waals surface area (Å²) >= 11 is 6.50. The monoisotopic (exact) mass is 430 g/mol. The fourth-order valence-electron chi connectivity index (χ4n) is 4.08. The highest BCUT2D eigenvalue weighted by atomic mass is 35.5. The lowest BCUT2D eigenvalue weighted by atomic mass is 10.1. The van der Waals surface area contributed by atoms with E-state index in [1.54, 1.807) is 15.3 Å². The molecule has 0 spiro atoms. The van der Waals surface area contributed by atoms with Crippen LogP contribution in [-0.2, 0) is 6.54 Å². The molecule has 8 heteroatoms. The maximum absolute atomic E-state index is 13.7. The minimum absolute atomic E-state index is 0.124. The molecule has 0 aliphatic carbocycles. The summed E-state index contributed by atoms with van der Waals surface area (Å²) in [7, 11) is 0. The number of pyridine rings is 1. The van der Waals surface area contributed by atoms with E-state index in [0.29, 0.717) is 39.5 Å². The fourth-order valence-corrected chi connectivity index (χ4v) is 4.30. The normalized spacial score (nSPS) is 11.5. The van der Waals surface area contributed by atoms with Crippen LogP contribution < -0.4 is 11.3 Å². The topological polar surface area (TPSA) is 91.6 Å². The Morgan fingerprint density at radius 1 is 1.03 bits per heavy atom. The third-order valence-electron chi connectivity index (χ3n) is 5.47. The number of hydrogen-bond acceptors (Lipinski definition) is 5. The van der Waals surface area contributed by atoms with Crippen LogP contribution in [0.4, 0.5) is 5.82 Å². The van der Waals surface area contributed by atoms with Gasteiger partial charge in [0.15, 0.2) is 5.65 Å². The van der Waals surface area contributed by atoms with Crippen molar-refractivity contribution in [1.82, 2.24) is 24.3 Å². The molecule has 2 aromatic carbocycles. The molecule has 0 bridgehead atoms. The summed E-state index contributed by atoms with van der Waals surface area (Å²) < 4.78 is 3.40. The number of hydrogen-bond donors (Lipinski definition) is 1. The molecule has 0 saturated carbocycles. The largest absolute Gasteiger partial charge is 0.383 e. The number of halogens is 1. The van der Waals surface area contributed by atoms with E-state index in [4.69, 9.17) is 17.3 Å². The summed E-state index contributed by atoms with van der Waals surface area (Å²) in [6.45, 7) is 4.11. The van der Waals surface area contributed by atoms with Gasteiger partial charge in [-0.3, -0.25) is 9.36 Å². The van der Waals surface area contributed by atoms with Crippen LogP contribution in [0.15, 0.2) is 59.7 Å². The highest BCUT2D eigenvalue weighted by molar-refractivity contribution is 6.32. The van der Waals surface area contributed by atoms with E-state index in [2.05, 4.69) is 15.1 Å². The van der Waals surface area contributed by atoms with Gasteiger partial charge in [0.05, 0.1) is 33.7 Å². The third kappa shape index (κ3) is 3.05. The van der Waals surface area contributed by atoms with Gasteiger partial charge in [-0.15, -0.1) is 0 Å². The first-order chi connectivity index (χ1) is 15.0. The highest BCUT2D eigenvalue weighted by Gasteiger charge is 2.18. The first-order valence-electron chi connectivity index (χ1n) is 9.78. The predicted molar refractivity (Wildman–Crippen MR) is 123 cm³/mol. The van der Waals surface area contributed by atoms with Crippen molar-refractivity contribution in [3.05, 3.63) is 87.2 Å². The Morgan fingerprint density at radius 3 is 2.65 bits per heavy atom. The lowest BCUT2D eigenvalue weighted by Crippen LogP contribution is -2.24. The van der Waals surface area contributed by atoms with Gasteiger partial charge in [-0.05, 0) is 43.0 Å². The van der Waals surface area contributed by atoms with Crippen molar-refractivity contribution in [3.8, 4) is 5.69 Å². The first kappa shape index (κ1) is 19.3. The number of aromatic nitrogens is 5. The SMILES string of the molecule is Cc1nn(Cc2cc3cccc(C)c3c(=O)n2-c2ccccc2Cl)c2ncnc(N)c12. The molecule has 0 atom stereocenters. The molecule has 7 nitrogen and oxygen atoms in total. The zero-order valence-corrected chi connectivity index (χ0v) is 17.8. The number of aryl methyl sites for hydroxylation is 2. The number of benzene rings is 2. The molecule has 5 rings (SSSR count). The third-order valence-corrected chi connectivity index (χ3v) is 5.79. The number of para-hydroxylation sites is 1. The van der Waals surface area contributed by atoms with Gasteiger partial charge in [-0.25, -0.2) is 14.6 Å². The Morgan fingerprint density at radius 2 is 1.84 bits per heavy atom. The van der Waals surface area contributed by atoms with Gasteiger partial charge >= 0.3 is 0 Å². The quantitative estimate of drug-likeness (QED) is 0.466. The summed E-state index contributed by atoms with van der Waals surface area (Å²) in [4.78, 5) is 22.1. The van der Waals surface area contributed by atoms with Gasteiger partial charge in [0.25, 0.3) is 5.56 Å². The molecule has 2 N–H and O–H groups in total. The van der Waals surface area contributed by atoms with Crippen LogP contribution in [0.3, 0.4) is 0 Å². The van der Waals surface area contributed by atoms with Crippen molar-refractivity contribution in [1.29, 1.82) is 0 Å². The van der Waals surface area contributed by atoms with Crippen molar-refractivity contribution >= 4 is 39.2 Å². The lowest BCUT2D eigenvalue weighted by molar-refractivity contribution is 0.664. The first-order valence-corrected chi connectivity index (χ1v) is 10.2. The number of fused-ring (bicyclic) bond motifs is 2. The summed E-state index contributed by atoms with van der Waals surface area (Å²) in [6.07, 6.45) is 1.42. The van der Waals surface area contributed by atoms with E-state index in [1.165, 1.54) is 6.33 Å². The fraction of sp³-hybridized carbons (Fsp3) is 0.130. The standard InChI is InChI=1S/C23H19ClN6O/c1-13-6-5-7-15-10-16(11-29-22-20(14(2)28-29)21(25)26-12-27-22)30(23(31)19(13)15)18-9-4-3-8-17(18)24/h3-10,12H,11H2,1-2H3,(H2,25,26,27). The molecular weight excluding hydrogens is 412 g/mol. The van der Waals surface area contributed by atoms with Gasteiger partial charge in [0, 0.05) is 5.69 Å². The maximum atomic E-state index is 13.7. The second-order valence-electron chi connectivity index (χ2n) is 7.47. The summed E-state index contributed by atoms with van der Waals surface area (Å²) in [6, 6.07) is 15.1. The van der Waals surface area contributed by atoms with Gasteiger partial charge in [0.2, 0.25) is 0 Å². The minimum atomic E-state index is -0.124. The van der Waals surface area contributed by atoms with E-state index in [0.717, 1.165) is 22.3 Å². The van der Waals surface area contributed by atoms with Crippen molar-refractivity contribution in [2.75, 3.05) is 5.73 Å². The van der Waals surface area contributed by atoms with Crippen molar-refractivity contribution < 1.29 is 0 Å². The van der Waals surface area contributed by atoms with Crippen LogP contribution >= 0.6 is 11.6 Å². The van der Waals surface area contributed by atoms with Crippen LogP contribution in [0.1, 0.15) is 17.0 Å². The minimum Gasteiger partial charge on any atom is -0.383 e. The second-order valence-corrected chi connectivity index (χ2v) is 7.87. The molecule has 0 unspecified atom stereocenters. The maximum Gasteiger partial charge on any atom is 0.263 e. The molecule has 154 valence electrons. The summed E-state index contributed by atoms with van der Waals surface area (Å²) in [5, 5.41) is 7.35. The van der Waals surface area contributed by atoms with E-state index < -0.39 is 0 Å². The summed E-state index contributed by atoms with van der Waals surface area (Å²) in [5.41, 5.74) is 9.54. The number of rotatable bonds is 3. The van der Waals surface area contributed by atoms with E-state index in [9.17, 15) is 4.79 Å². The van der Waals surface area contributed by atoms with Gasteiger partial charge in [-0.2, -0.15) is 5.10 Å². The van der Waals surface area contributed by atoms with E-state index in [-0.39, 0.29) is 5.56 Å². The number of anilines is 1. The summed E-state index contributed by atoms with van der Waals surface area (Å²) in [5.74, 6) is 0.381. The Labute approximate surface area is 182 Å². The molecule has 0 radical (unpaired) electrons. The second kappa shape index (κ2) is 7.21. The van der Waals surface area contributed by atoms with E-state index in [1.807, 2.05) is 56.3 Å². The van der Waals surface area contributed by atoms with E-state index >= 15 is 0 Å². The molecule has 0 aliphatic heterocycles. The Bertz CT molecular complexity index is 1540. The van der Waals surface area contributed by atoms with Crippen LogP contribution in [-0.4, -0.2) is 24.3 Å². The Hall–Kier alpha value is -3.71. The van der Waals surface area contributed by atoms with Gasteiger partial charge < -0.3 is 5.73 Å². The van der Waals surface area contributed by atoms with Gasteiger partial charge in [0.1, 0.15) is 12.1 Å². The highest BCUT2D eigenvalue weighted by Crippen LogP contribution is 2.26. The molecule has 0 amide bonds. The molecule has 3 aromatic heterocycles. The Balaban J connectivity index is 1.82. The average Bonchev–Trinajstić information content (AvgIpc) is 3.05. The molecule has 5 aromatic rings. The zero-order valence-electron chi connectivity index (χ0n) is 17.0. The zero-order chi connectivity index (χ0) is 21.7. The van der Waals surface area contributed by atoms with Gasteiger partial charge in [-0.1, -0.05) is 41.9 Å². The molecule has 31 heavy (non-hydrogen) atoms. The molecule has 0 fully saturated rings. The Kier molecular flexibility index (Phi) is 4.48. The molecule has 0 aliphatic rings. The van der Waals surface area contributed by atoms with Crippen molar-refractivity contribution in [3.63, 3.8) is 0 Å². The number of nitrogens with zero attached hydrogens (tertiary/aromatic N) is 5. The van der Waals surface area contributed by atoms with Crippen LogP contribution in [0.2, 0.25) is 5.02 Å². The van der Waals surface area contributed by atoms with Crippen molar-refractivity contribution in [2.24, 2.45) is 0 Å². The lowest BCUT2D eigenvalue weighted by Gasteiger charge is -2.17. The number of nitrogen functional groups attached to an aromatic ring is 1. The molecule has 3 heterocycles. The van der Waals surface area contributed by atoms with Crippen LogP contribution in [0, 0.1) is 13.8 Å². The number of nitrogens with two attached hydrogens (primary N) is 1. The van der Waals surface area contributed by atoms with Crippen LogP contribution in [0.5, 0.6) is 0 Å². The van der Waals surface area contributed by atoms with Crippen molar-refractivity contribution in [2.45, 2.75) is 20.4 Å². The van der Waals surface area contributed by atoms with Crippen LogP contribution in [0.25, 0.3) is 27.5 Å². The predicted octanol–water partition coefficient (Wildman–Crippen LogP) is 4.03. The molecule has 0 saturated heterocycles. The molecular formula is C23H19ClN6O. The average molecular weight is 431 g/mol.